The summed E-state index contributed by atoms with van der Waals surface area (Å²) in [5, 5.41) is 17.7. The van der Waals surface area contributed by atoms with Gasteiger partial charge in [-0.25, -0.2) is 4.68 Å². The van der Waals surface area contributed by atoms with Crippen LogP contribution in [0.2, 0.25) is 0 Å². The molecule has 0 aliphatic heterocycles. The van der Waals surface area contributed by atoms with Crippen LogP contribution in [-0.4, -0.2) is 27.7 Å². The molecule has 2 aromatic rings. The number of nitrogens with one attached hydrogen (secondary N) is 1. The van der Waals surface area contributed by atoms with Crippen LogP contribution in [-0.2, 0) is 4.79 Å². The molecule has 2 rings (SSSR count). The van der Waals surface area contributed by atoms with Crippen LogP contribution in [0.5, 0.6) is 5.88 Å². The highest BCUT2D eigenvalue weighted by Gasteiger charge is 2.25. The van der Waals surface area contributed by atoms with Crippen LogP contribution in [0.25, 0.3) is 0 Å². The lowest BCUT2D eigenvalue weighted by atomic mass is 10.1. The van der Waals surface area contributed by atoms with Crippen molar-refractivity contribution in [1.29, 1.82) is 0 Å². The lowest BCUT2D eigenvalue weighted by molar-refractivity contribution is -0.385. The van der Waals surface area contributed by atoms with Gasteiger partial charge in [-0.1, -0.05) is 30.3 Å². The molecule has 0 bridgehead atoms. The third-order valence-corrected chi connectivity index (χ3v) is 3.50. The van der Waals surface area contributed by atoms with Gasteiger partial charge in [0, 0.05) is 0 Å². The molecule has 0 radical (unpaired) electrons. The maximum atomic E-state index is 12.3. The number of carbonyl (C=O) groups excluding carboxylic acids is 1. The maximum Gasteiger partial charge on any atom is 0.350 e. The first kappa shape index (κ1) is 16.5. The monoisotopic (exact) mass is 318 g/mol. The maximum absolute atomic E-state index is 12.3. The standard InChI is InChI=1S/C15H18N4O4/c1-10(12-7-5-4-6-8-12)16-14(20)11(2)18-9-13(19(21)22)15(17-18)23-3/h4-11H,1-3H3,(H,16,20). The van der Waals surface area contributed by atoms with E-state index in [1.165, 1.54) is 18.0 Å². The molecule has 1 amide bonds. The third-order valence-electron chi connectivity index (χ3n) is 3.50. The molecule has 0 fully saturated rings. The van der Waals surface area contributed by atoms with Gasteiger partial charge in [0.15, 0.2) is 0 Å². The number of carbonyl (C=O) groups is 1. The largest absolute Gasteiger partial charge is 0.475 e. The predicted octanol–water partition coefficient (Wildman–Crippen LogP) is 2.24. The van der Waals surface area contributed by atoms with Crippen molar-refractivity contribution in [2.45, 2.75) is 25.9 Å². The Hall–Kier alpha value is -2.90. The van der Waals surface area contributed by atoms with Crippen molar-refractivity contribution in [2.75, 3.05) is 7.11 Å². The Kier molecular flexibility index (Phi) is 4.95. The quantitative estimate of drug-likeness (QED) is 0.650. The molecule has 1 heterocycles. The lowest BCUT2D eigenvalue weighted by Gasteiger charge is -2.18. The van der Waals surface area contributed by atoms with Gasteiger partial charge in [-0.2, -0.15) is 0 Å². The van der Waals surface area contributed by atoms with Gasteiger partial charge in [0.05, 0.1) is 18.1 Å². The predicted molar refractivity (Wildman–Crippen MR) is 83.1 cm³/mol. The average molecular weight is 318 g/mol. The molecular weight excluding hydrogens is 300 g/mol. The Morgan fingerprint density at radius 2 is 2.00 bits per heavy atom. The van der Waals surface area contributed by atoms with Crippen LogP contribution in [0.1, 0.15) is 31.5 Å². The van der Waals surface area contributed by atoms with Crippen molar-refractivity contribution in [2.24, 2.45) is 0 Å². The number of rotatable bonds is 6. The summed E-state index contributed by atoms with van der Waals surface area (Å²) in [5.41, 5.74) is 0.695. The van der Waals surface area contributed by atoms with E-state index in [2.05, 4.69) is 10.4 Å². The Balaban J connectivity index is 2.12. The minimum absolute atomic E-state index is 0.120. The van der Waals surface area contributed by atoms with Crippen LogP contribution in [0, 0.1) is 10.1 Å². The van der Waals surface area contributed by atoms with Gasteiger partial charge in [-0.15, -0.1) is 5.10 Å². The number of nitro groups is 1. The molecule has 23 heavy (non-hydrogen) atoms. The van der Waals surface area contributed by atoms with E-state index in [9.17, 15) is 14.9 Å². The van der Waals surface area contributed by atoms with Crippen molar-refractivity contribution >= 4 is 11.6 Å². The molecule has 1 N–H and O–H groups in total. The summed E-state index contributed by atoms with van der Waals surface area (Å²) in [6, 6.07) is 8.62. The molecule has 1 aromatic heterocycles. The number of ether oxygens (including phenoxy) is 1. The highest BCUT2D eigenvalue weighted by atomic mass is 16.6. The number of hydrogen-bond acceptors (Lipinski definition) is 5. The van der Waals surface area contributed by atoms with Crippen molar-refractivity contribution < 1.29 is 14.5 Å². The molecule has 0 saturated heterocycles. The Labute approximate surface area is 133 Å². The zero-order chi connectivity index (χ0) is 17.0. The number of amides is 1. The molecule has 0 aliphatic rings. The van der Waals surface area contributed by atoms with Gasteiger partial charge in [0.25, 0.3) is 0 Å². The summed E-state index contributed by atoms with van der Waals surface area (Å²) < 4.78 is 6.09. The molecule has 8 heteroatoms. The second-order valence-corrected chi connectivity index (χ2v) is 5.08. The minimum atomic E-state index is -0.705. The fourth-order valence-corrected chi connectivity index (χ4v) is 2.11. The molecule has 2 atom stereocenters. The topological polar surface area (TPSA) is 99.3 Å². The smallest absolute Gasteiger partial charge is 0.350 e. The van der Waals surface area contributed by atoms with E-state index in [1.54, 1.807) is 6.92 Å². The summed E-state index contributed by atoms with van der Waals surface area (Å²) in [7, 11) is 1.29. The Morgan fingerprint density at radius 3 is 2.52 bits per heavy atom. The second kappa shape index (κ2) is 6.91. The van der Waals surface area contributed by atoms with E-state index in [4.69, 9.17) is 4.74 Å². The van der Waals surface area contributed by atoms with E-state index in [0.717, 1.165) is 5.56 Å². The number of benzene rings is 1. The Bertz CT molecular complexity index is 699. The van der Waals surface area contributed by atoms with Crippen molar-refractivity contribution in [3.8, 4) is 5.88 Å². The van der Waals surface area contributed by atoms with Crippen LogP contribution in [0.4, 0.5) is 5.69 Å². The van der Waals surface area contributed by atoms with Crippen LogP contribution >= 0.6 is 0 Å². The average Bonchev–Trinajstić information content (AvgIpc) is 2.99. The molecule has 8 nitrogen and oxygen atoms in total. The molecule has 2 unspecified atom stereocenters. The van der Waals surface area contributed by atoms with Crippen LogP contribution in [0.3, 0.4) is 0 Å². The summed E-state index contributed by atoms with van der Waals surface area (Å²) in [5.74, 6) is -0.410. The first-order valence-corrected chi connectivity index (χ1v) is 7.07. The van der Waals surface area contributed by atoms with Gasteiger partial charge >= 0.3 is 11.6 Å². The summed E-state index contributed by atoms with van der Waals surface area (Å²) in [6.45, 7) is 3.48. The lowest BCUT2D eigenvalue weighted by Crippen LogP contribution is -2.33. The fourth-order valence-electron chi connectivity index (χ4n) is 2.11. The van der Waals surface area contributed by atoms with Gasteiger partial charge in [-0.05, 0) is 19.4 Å². The van der Waals surface area contributed by atoms with Crippen molar-refractivity contribution in [3.05, 3.63) is 52.2 Å². The first-order valence-electron chi connectivity index (χ1n) is 7.07. The van der Waals surface area contributed by atoms with Gasteiger partial charge in [-0.3, -0.25) is 14.9 Å². The zero-order valence-electron chi connectivity index (χ0n) is 13.1. The zero-order valence-corrected chi connectivity index (χ0v) is 13.1. The highest BCUT2D eigenvalue weighted by molar-refractivity contribution is 5.80. The van der Waals surface area contributed by atoms with E-state index < -0.39 is 11.0 Å². The third kappa shape index (κ3) is 3.65. The van der Waals surface area contributed by atoms with E-state index in [1.807, 2.05) is 37.3 Å². The fraction of sp³-hybridized carbons (Fsp3) is 0.333. The number of methoxy groups -OCH3 is 1. The van der Waals surface area contributed by atoms with Gasteiger partial charge < -0.3 is 10.1 Å². The second-order valence-electron chi connectivity index (χ2n) is 5.08. The first-order chi connectivity index (χ1) is 10.9. The number of nitrogens with zero attached hydrogens (tertiary/aromatic N) is 3. The molecule has 0 spiro atoms. The van der Waals surface area contributed by atoms with E-state index in [0.29, 0.717) is 0 Å². The molecule has 0 saturated carbocycles. The van der Waals surface area contributed by atoms with Crippen LogP contribution < -0.4 is 10.1 Å². The van der Waals surface area contributed by atoms with Crippen LogP contribution in [0.15, 0.2) is 36.5 Å². The molecule has 1 aromatic carbocycles. The molecule has 122 valence electrons. The molecular formula is C15H18N4O4. The van der Waals surface area contributed by atoms with Gasteiger partial charge in [0.1, 0.15) is 12.2 Å². The SMILES string of the molecule is COc1nn(C(C)C(=O)NC(C)c2ccccc2)cc1[N+](=O)[O-]. The Morgan fingerprint density at radius 1 is 1.35 bits per heavy atom. The minimum Gasteiger partial charge on any atom is -0.475 e. The number of hydrogen-bond donors (Lipinski definition) is 1. The van der Waals surface area contributed by atoms with E-state index in [-0.39, 0.29) is 23.5 Å². The summed E-state index contributed by atoms with van der Waals surface area (Å²) in [4.78, 5) is 22.6. The van der Waals surface area contributed by atoms with E-state index >= 15 is 0 Å². The number of aromatic nitrogens is 2. The summed E-state index contributed by atoms with van der Waals surface area (Å²) in [6.07, 6.45) is 1.19. The van der Waals surface area contributed by atoms with Gasteiger partial charge in [0.2, 0.25) is 5.91 Å². The van der Waals surface area contributed by atoms with Crippen molar-refractivity contribution in [1.82, 2.24) is 15.1 Å². The van der Waals surface area contributed by atoms with Crippen molar-refractivity contribution in [3.63, 3.8) is 0 Å². The summed E-state index contributed by atoms with van der Waals surface area (Å²) >= 11 is 0. The highest BCUT2D eigenvalue weighted by Crippen LogP contribution is 2.26. The normalized spacial score (nSPS) is 13.2. The molecule has 0 aliphatic carbocycles.